The van der Waals surface area contributed by atoms with E-state index in [1.54, 1.807) is 0 Å². The van der Waals surface area contributed by atoms with Crippen LogP contribution in [0, 0.1) is 35.5 Å². The molecule has 8 rings (SSSR count). The molecule has 196 valence electrons. The van der Waals surface area contributed by atoms with Gasteiger partial charge in [-0.3, -0.25) is 14.4 Å². The van der Waals surface area contributed by atoms with Gasteiger partial charge in [0.25, 0.3) is 0 Å². The SMILES string of the molecule is CC(=O)NCCC(=O)NC12CC3CC(CC(C3)C1)C2.NCCC(=O)NC12CC3CC(CC(C3)C1)C2. The standard InChI is InChI=1S/C15H24N2O2.C13H22N2O/c1-10(18)16-3-2-14(19)17-15-7-11-4-12(8-15)6-13(5-11)9-15;14-2-1-12(16)15-13-6-9-3-10(7-13)5-11(4-9)8-13/h11-13H,2-9H2,1H3,(H,16,18)(H,17,19);9-11H,1-8,14H2,(H,15,16). The number of rotatable bonds is 7. The molecule has 0 aromatic heterocycles. The van der Waals surface area contributed by atoms with Gasteiger partial charge in [-0.2, -0.15) is 0 Å². The summed E-state index contributed by atoms with van der Waals surface area (Å²) in [6, 6.07) is 0. The second kappa shape index (κ2) is 10.0. The van der Waals surface area contributed by atoms with Crippen LogP contribution in [0.4, 0.5) is 0 Å². The van der Waals surface area contributed by atoms with Crippen molar-refractivity contribution in [3.63, 3.8) is 0 Å². The molecular formula is C28H46N4O3. The van der Waals surface area contributed by atoms with E-state index < -0.39 is 0 Å². The van der Waals surface area contributed by atoms with Crippen molar-refractivity contribution in [3.05, 3.63) is 0 Å². The molecule has 7 nitrogen and oxygen atoms in total. The van der Waals surface area contributed by atoms with E-state index in [9.17, 15) is 14.4 Å². The zero-order valence-corrected chi connectivity index (χ0v) is 21.6. The summed E-state index contributed by atoms with van der Waals surface area (Å²) < 4.78 is 0. The summed E-state index contributed by atoms with van der Waals surface area (Å²) in [4.78, 5) is 34.6. The van der Waals surface area contributed by atoms with Crippen LogP contribution >= 0.6 is 0 Å². The molecule has 0 aliphatic heterocycles. The average molecular weight is 487 g/mol. The van der Waals surface area contributed by atoms with Crippen molar-refractivity contribution >= 4 is 17.7 Å². The Balaban J connectivity index is 0.000000147. The van der Waals surface area contributed by atoms with E-state index >= 15 is 0 Å². The van der Waals surface area contributed by atoms with Crippen LogP contribution in [0.2, 0.25) is 0 Å². The fourth-order valence-electron chi connectivity index (χ4n) is 9.73. The zero-order valence-electron chi connectivity index (χ0n) is 21.6. The minimum atomic E-state index is -0.0670. The largest absolute Gasteiger partial charge is 0.356 e. The molecule has 0 radical (unpaired) electrons. The Labute approximate surface area is 210 Å². The maximum Gasteiger partial charge on any atom is 0.222 e. The predicted molar refractivity (Wildman–Crippen MR) is 135 cm³/mol. The fraction of sp³-hybridized carbons (Fsp3) is 0.893. The summed E-state index contributed by atoms with van der Waals surface area (Å²) in [7, 11) is 0. The molecule has 35 heavy (non-hydrogen) atoms. The van der Waals surface area contributed by atoms with Gasteiger partial charge in [0.05, 0.1) is 0 Å². The molecule has 8 bridgehead atoms. The first-order valence-corrected chi connectivity index (χ1v) is 14.3. The summed E-state index contributed by atoms with van der Waals surface area (Å²) in [6.45, 7) is 2.41. The highest BCUT2D eigenvalue weighted by Crippen LogP contribution is 2.56. The number of carbonyl (C=O) groups is 3. The molecule has 5 N–H and O–H groups in total. The third-order valence-corrected chi connectivity index (χ3v) is 9.98. The van der Waals surface area contributed by atoms with Gasteiger partial charge in [-0.15, -0.1) is 0 Å². The van der Waals surface area contributed by atoms with Crippen LogP contribution in [0.15, 0.2) is 0 Å². The second-order valence-electron chi connectivity index (χ2n) is 13.3. The first kappa shape index (κ1) is 25.0. The van der Waals surface area contributed by atoms with Crippen molar-refractivity contribution in [2.75, 3.05) is 13.1 Å². The molecular weight excluding hydrogens is 440 g/mol. The van der Waals surface area contributed by atoms with Gasteiger partial charge in [-0.1, -0.05) is 0 Å². The molecule has 8 aliphatic rings. The molecule has 7 heteroatoms. The van der Waals surface area contributed by atoms with Gasteiger partial charge >= 0.3 is 0 Å². The van der Waals surface area contributed by atoms with Gasteiger partial charge in [0.15, 0.2) is 0 Å². The van der Waals surface area contributed by atoms with Gasteiger partial charge in [-0.25, -0.2) is 0 Å². The topological polar surface area (TPSA) is 113 Å². The Kier molecular flexibility index (Phi) is 7.17. The maximum atomic E-state index is 12.0. The van der Waals surface area contributed by atoms with Crippen LogP contribution < -0.4 is 21.7 Å². The van der Waals surface area contributed by atoms with Crippen molar-refractivity contribution in [1.29, 1.82) is 0 Å². The van der Waals surface area contributed by atoms with Gasteiger partial charge in [-0.05, 0) is 113 Å². The number of amides is 3. The third kappa shape index (κ3) is 5.86. The summed E-state index contributed by atoms with van der Waals surface area (Å²) in [5, 5.41) is 9.30. The molecule has 3 amide bonds. The smallest absolute Gasteiger partial charge is 0.222 e. The molecule has 0 spiro atoms. The van der Waals surface area contributed by atoms with Crippen molar-refractivity contribution < 1.29 is 14.4 Å². The molecule has 0 aromatic carbocycles. The Hall–Kier alpha value is -1.63. The second-order valence-corrected chi connectivity index (χ2v) is 13.3. The third-order valence-electron chi connectivity index (χ3n) is 9.98. The van der Waals surface area contributed by atoms with E-state index in [0.717, 1.165) is 35.5 Å². The molecule has 0 saturated heterocycles. The summed E-state index contributed by atoms with van der Waals surface area (Å²) in [5.74, 6) is 5.44. The lowest BCUT2D eigenvalue weighted by molar-refractivity contribution is -0.127. The molecule has 0 atom stereocenters. The number of hydrogen-bond donors (Lipinski definition) is 4. The fourth-order valence-corrected chi connectivity index (χ4v) is 9.73. The van der Waals surface area contributed by atoms with Crippen LogP contribution in [-0.4, -0.2) is 41.9 Å². The van der Waals surface area contributed by atoms with Crippen LogP contribution in [-0.2, 0) is 14.4 Å². The van der Waals surface area contributed by atoms with Crippen LogP contribution in [0.1, 0.15) is 96.8 Å². The first-order chi connectivity index (χ1) is 16.7. The number of nitrogens with two attached hydrogens (primary N) is 1. The molecule has 8 aliphatic carbocycles. The van der Waals surface area contributed by atoms with E-state index in [2.05, 4.69) is 16.0 Å². The highest BCUT2D eigenvalue weighted by Gasteiger charge is 2.52. The minimum absolute atomic E-state index is 0.0670. The number of carbonyl (C=O) groups excluding carboxylic acids is 3. The van der Waals surface area contributed by atoms with Crippen LogP contribution in [0.5, 0.6) is 0 Å². The summed E-state index contributed by atoms with van der Waals surface area (Å²) >= 11 is 0. The Morgan fingerprint density at radius 2 is 1.00 bits per heavy atom. The van der Waals surface area contributed by atoms with E-state index in [0.29, 0.717) is 25.9 Å². The molecule has 0 aromatic rings. The lowest BCUT2D eigenvalue weighted by atomic mass is 9.53. The molecule has 8 saturated carbocycles. The Bertz CT molecular complexity index is 754. The zero-order chi connectivity index (χ0) is 24.6. The van der Waals surface area contributed by atoms with Crippen molar-refractivity contribution in [3.8, 4) is 0 Å². The number of hydrogen-bond acceptors (Lipinski definition) is 4. The highest BCUT2D eigenvalue weighted by atomic mass is 16.2. The maximum absolute atomic E-state index is 12.0. The minimum Gasteiger partial charge on any atom is -0.356 e. The molecule has 0 heterocycles. The predicted octanol–water partition coefficient (Wildman–Crippen LogP) is 3.02. The quantitative estimate of drug-likeness (QED) is 0.443. The van der Waals surface area contributed by atoms with Crippen molar-refractivity contribution in [1.82, 2.24) is 16.0 Å². The van der Waals surface area contributed by atoms with Gasteiger partial charge in [0.1, 0.15) is 0 Å². The highest BCUT2D eigenvalue weighted by molar-refractivity contribution is 5.78. The average Bonchev–Trinajstić information content (AvgIpc) is 2.71. The van der Waals surface area contributed by atoms with Crippen molar-refractivity contribution in [2.24, 2.45) is 41.2 Å². The van der Waals surface area contributed by atoms with Crippen LogP contribution in [0.25, 0.3) is 0 Å². The monoisotopic (exact) mass is 486 g/mol. The lowest BCUT2D eigenvalue weighted by Crippen LogP contribution is -2.60. The van der Waals surface area contributed by atoms with Gasteiger partial charge in [0, 0.05) is 43.9 Å². The summed E-state index contributed by atoms with van der Waals surface area (Å²) in [5.41, 5.74) is 5.70. The van der Waals surface area contributed by atoms with Gasteiger partial charge in [0.2, 0.25) is 17.7 Å². The Morgan fingerprint density at radius 3 is 1.31 bits per heavy atom. The number of nitrogens with one attached hydrogen (secondary N) is 3. The van der Waals surface area contributed by atoms with Crippen LogP contribution in [0.3, 0.4) is 0 Å². The molecule has 8 fully saturated rings. The molecule has 0 unspecified atom stereocenters. The first-order valence-electron chi connectivity index (χ1n) is 14.3. The van der Waals surface area contributed by atoms with E-state index in [-0.39, 0.29) is 28.8 Å². The Morgan fingerprint density at radius 1 is 0.657 bits per heavy atom. The van der Waals surface area contributed by atoms with Gasteiger partial charge < -0.3 is 21.7 Å². The van der Waals surface area contributed by atoms with E-state index in [1.165, 1.54) is 84.0 Å². The lowest BCUT2D eigenvalue weighted by Gasteiger charge is -2.57. The summed E-state index contributed by atoms with van der Waals surface area (Å²) in [6.07, 6.45) is 16.6. The normalized spacial score (nSPS) is 41.7. The van der Waals surface area contributed by atoms with E-state index in [1.807, 2.05) is 0 Å². The van der Waals surface area contributed by atoms with Crippen molar-refractivity contribution in [2.45, 2.75) is 108 Å². The van der Waals surface area contributed by atoms with E-state index in [4.69, 9.17) is 5.73 Å².